The maximum Gasteiger partial charge on any atom is 0.102 e. The summed E-state index contributed by atoms with van der Waals surface area (Å²) in [4.78, 5) is 2.93. The van der Waals surface area contributed by atoms with Gasteiger partial charge in [-0.3, -0.25) is 4.68 Å². The molecular weight excluding hydrogens is 282 g/mol. The second kappa shape index (κ2) is 5.55. The number of fused-ring (bicyclic) bond motifs is 1. The molecule has 2 aromatic rings. The van der Waals surface area contributed by atoms with Crippen LogP contribution in [0.3, 0.4) is 0 Å². The predicted octanol–water partition coefficient (Wildman–Crippen LogP) is 2.53. The van der Waals surface area contributed by atoms with E-state index in [2.05, 4.69) is 23.4 Å². The molecule has 1 aliphatic rings. The molecule has 5 heteroatoms. The third-order valence-electron chi connectivity index (χ3n) is 4.27. The number of thiophene rings is 1. The lowest BCUT2D eigenvalue weighted by atomic mass is 9.99. The van der Waals surface area contributed by atoms with Gasteiger partial charge in [0, 0.05) is 41.1 Å². The van der Waals surface area contributed by atoms with Gasteiger partial charge in [0.2, 0.25) is 0 Å². The first-order valence-corrected chi connectivity index (χ1v) is 8.34. The first kappa shape index (κ1) is 14.8. The second-order valence-corrected chi connectivity index (χ2v) is 7.40. The molecule has 21 heavy (non-hydrogen) atoms. The first-order chi connectivity index (χ1) is 9.95. The van der Waals surface area contributed by atoms with Gasteiger partial charge < -0.3 is 10.4 Å². The molecule has 2 atom stereocenters. The summed E-state index contributed by atoms with van der Waals surface area (Å²) in [5.41, 5.74) is 1.48. The van der Waals surface area contributed by atoms with E-state index in [1.54, 1.807) is 15.8 Å². The van der Waals surface area contributed by atoms with Gasteiger partial charge in [0.25, 0.3) is 0 Å². The molecule has 0 spiro atoms. The van der Waals surface area contributed by atoms with Crippen LogP contribution in [0.4, 0.5) is 0 Å². The van der Waals surface area contributed by atoms with Crippen LogP contribution < -0.4 is 5.32 Å². The number of aromatic nitrogens is 2. The lowest BCUT2D eigenvalue weighted by molar-refractivity contribution is 0.0544. The van der Waals surface area contributed by atoms with E-state index in [4.69, 9.17) is 0 Å². The van der Waals surface area contributed by atoms with Crippen molar-refractivity contribution in [1.29, 1.82) is 0 Å². The van der Waals surface area contributed by atoms with Gasteiger partial charge in [-0.05, 0) is 44.7 Å². The van der Waals surface area contributed by atoms with E-state index in [0.29, 0.717) is 6.54 Å². The Morgan fingerprint density at radius 3 is 3.00 bits per heavy atom. The van der Waals surface area contributed by atoms with Crippen LogP contribution in [0.2, 0.25) is 0 Å². The maximum absolute atomic E-state index is 10.6. The largest absolute Gasteiger partial charge is 0.384 e. The summed E-state index contributed by atoms with van der Waals surface area (Å²) >= 11 is 1.92. The molecule has 0 amide bonds. The molecule has 2 heterocycles. The average Bonchev–Trinajstić information content (AvgIpc) is 3.10. The van der Waals surface area contributed by atoms with Crippen molar-refractivity contribution in [2.45, 2.75) is 44.8 Å². The number of aryl methyl sites for hydroxylation is 3. The third kappa shape index (κ3) is 3.05. The van der Waals surface area contributed by atoms with Crippen LogP contribution in [0.25, 0.3) is 0 Å². The summed E-state index contributed by atoms with van der Waals surface area (Å²) < 4.78 is 1.72. The van der Waals surface area contributed by atoms with Crippen LogP contribution >= 0.6 is 11.3 Å². The molecule has 0 radical (unpaired) electrons. The van der Waals surface area contributed by atoms with E-state index < -0.39 is 5.60 Å². The van der Waals surface area contributed by atoms with Gasteiger partial charge in [0.15, 0.2) is 0 Å². The monoisotopic (exact) mass is 305 g/mol. The van der Waals surface area contributed by atoms with Crippen molar-refractivity contribution < 1.29 is 5.11 Å². The highest BCUT2D eigenvalue weighted by Gasteiger charge is 2.26. The summed E-state index contributed by atoms with van der Waals surface area (Å²) in [6, 6.07) is 2.60. The van der Waals surface area contributed by atoms with Crippen LogP contribution in [0.15, 0.2) is 18.5 Å². The Labute approximate surface area is 129 Å². The fourth-order valence-corrected chi connectivity index (χ4v) is 4.10. The minimum atomic E-state index is -0.900. The number of nitrogens with zero attached hydrogens (tertiary/aromatic N) is 2. The molecule has 2 N–H and O–H groups in total. The highest BCUT2D eigenvalue weighted by atomic mass is 32.1. The number of nitrogens with one attached hydrogen (secondary N) is 1. The Hall–Kier alpha value is -1.17. The summed E-state index contributed by atoms with van der Waals surface area (Å²) in [6.07, 6.45) is 7.36. The molecule has 0 saturated heterocycles. The molecule has 114 valence electrons. The molecule has 1 aliphatic carbocycles. The van der Waals surface area contributed by atoms with E-state index >= 15 is 0 Å². The Kier molecular flexibility index (Phi) is 3.90. The summed E-state index contributed by atoms with van der Waals surface area (Å²) in [5.74, 6) is 0. The van der Waals surface area contributed by atoms with Crippen molar-refractivity contribution in [2.24, 2.45) is 7.05 Å². The molecule has 0 aromatic carbocycles. The molecule has 4 nitrogen and oxygen atoms in total. The van der Waals surface area contributed by atoms with Crippen molar-refractivity contribution in [3.63, 3.8) is 0 Å². The van der Waals surface area contributed by atoms with Crippen molar-refractivity contribution >= 4 is 11.3 Å². The summed E-state index contributed by atoms with van der Waals surface area (Å²) in [5, 5.41) is 18.2. The summed E-state index contributed by atoms with van der Waals surface area (Å²) in [7, 11) is 1.86. The van der Waals surface area contributed by atoms with Gasteiger partial charge in [-0.25, -0.2) is 0 Å². The van der Waals surface area contributed by atoms with Crippen molar-refractivity contribution in [2.75, 3.05) is 6.54 Å². The van der Waals surface area contributed by atoms with Gasteiger partial charge in [0.1, 0.15) is 5.60 Å². The Balaban J connectivity index is 1.63. The van der Waals surface area contributed by atoms with Crippen LogP contribution in [0.1, 0.15) is 47.2 Å². The Morgan fingerprint density at radius 1 is 1.52 bits per heavy atom. The van der Waals surface area contributed by atoms with Gasteiger partial charge in [-0.15, -0.1) is 11.3 Å². The first-order valence-electron chi connectivity index (χ1n) is 7.52. The molecule has 0 aliphatic heterocycles. The normalized spacial score (nSPS) is 18.5. The second-order valence-electron chi connectivity index (χ2n) is 6.23. The van der Waals surface area contributed by atoms with E-state index in [-0.39, 0.29) is 6.04 Å². The number of hydrogen-bond donors (Lipinski definition) is 2. The predicted molar refractivity (Wildman–Crippen MR) is 85.5 cm³/mol. The Bertz CT molecular complexity index is 608. The topological polar surface area (TPSA) is 50.1 Å². The fourth-order valence-electron chi connectivity index (χ4n) is 2.82. The van der Waals surface area contributed by atoms with Gasteiger partial charge >= 0.3 is 0 Å². The average molecular weight is 305 g/mol. The number of hydrogen-bond acceptors (Lipinski definition) is 4. The van der Waals surface area contributed by atoms with Crippen molar-refractivity contribution in [1.82, 2.24) is 15.1 Å². The Morgan fingerprint density at radius 2 is 2.33 bits per heavy atom. The van der Waals surface area contributed by atoms with Gasteiger partial charge in [-0.2, -0.15) is 5.10 Å². The van der Waals surface area contributed by atoms with Crippen LogP contribution in [0.5, 0.6) is 0 Å². The molecule has 0 saturated carbocycles. The van der Waals surface area contributed by atoms with Crippen molar-refractivity contribution in [3.8, 4) is 0 Å². The molecule has 0 fully saturated rings. The molecular formula is C16H23N3OS. The number of rotatable bonds is 5. The molecule has 3 rings (SSSR count). The molecule has 0 unspecified atom stereocenters. The SMILES string of the molecule is C[C@@H](NC[C@](C)(O)c1cnn(C)c1)c1cc2c(s1)CCC2. The van der Waals surface area contributed by atoms with E-state index in [1.165, 1.54) is 29.7 Å². The van der Waals surface area contributed by atoms with Gasteiger partial charge in [-0.1, -0.05) is 0 Å². The third-order valence-corrected chi connectivity index (χ3v) is 5.69. The van der Waals surface area contributed by atoms with Gasteiger partial charge in [0.05, 0.1) is 6.20 Å². The molecule has 2 aromatic heterocycles. The standard InChI is InChI=1S/C16H23N3OS/c1-11(15-7-12-5-4-6-14(12)21-15)17-10-16(2,20)13-8-18-19(3)9-13/h7-9,11,17,20H,4-6,10H2,1-3H3/t11-,16+/m1/s1. The summed E-state index contributed by atoms with van der Waals surface area (Å²) in [6.45, 7) is 4.51. The lowest BCUT2D eigenvalue weighted by Gasteiger charge is -2.24. The van der Waals surface area contributed by atoms with E-state index in [0.717, 1.165) is 5.56 Å². The van der Waals surface area contributed by atoms with Crippen LogP contribution in [-0.4, -0.2) is 21.4 Å². The fraction of sp³-hybridized carbons (Fsp3) is 0.562. The minimum absolute atomic E-state index is 0.267. The highest BCUT2D eigenvalue weighted by Crippen LogP contribution is 2.33. The van der Waals surface area contributed by atoms with Crippen LogP contribution in [-0.2, 0) is 25.5 Å². The quantitative estimate of drug-likeness (QED) is 0.892. The minimum Gasteiger partial charge on any atom is -0.384 e. The zero-order valence-electron chi connectivity index (χ0n) is 12.9. The van der Waals surface area contributed by atoms with Crippen molar-refractivity contribution in [3.05, 3.63) is 39.3 Å². The lowest BCUT2D eigenvalue weighted by Crippen LogP contribution is -2.36. The van der Waals surface area contributed by atoms with Crippen LogP contribution in [0, 0.1) is 0 Å². The van der Waals surface area contributed by atoms with E-state index in [1.807, 2.05) is 31.5 Å². The van der Waals surface area contributed by atoms with E-state index in [9.17, 15) is 5.11 Å². The molecule has 0 bridgehead atoms. The smallest absolute Gasteiger partial charge is 0.102 e. The maximum atomic E-state index is 10.6. The zero-order valence-corrected chi connectivity index (χ0v) is 13.7. The highest BCUT2D eigenvalue weighted by molar-refractivity contribution is 7.12. The number of aliphatic hydroxyl groups is 1. The zero-order chi connectivity index (χ0) is 15.0.